The van der Waals surface area contributed by atoms with Crippen LogP contribution < -0.4 is 25.6 Å². The van der Waals surface area contributed by atoms with Crippen LogP contribution in [0.4, 0.5) is 5.82 Å². The second-order valence-electron chi connectivity index (χ2n) is 8.24. The fourth-order valence-corrected chi connectivity index (χ4v) is 4.73. The predicted molar refractivity (Wildman–Crippen MR) is 127 cm³/mol. The normalized spacial score (nSPS) is 14.7. The number of benzene rings is 2. The number of ether oxygens (including phenoxy) is 2. The van der Waals surface area contributed by atoms with Gasteiger partial charge in [-0.1, -0.05) is 12.1 Å². The van der Waals surface area contributed by atoms with E-state index in [-0.39, 0.29) is 17.3 Å². The number of fused-ring (bicyclic) bond motifs is 2. The molecule has 33 heavy (non-hydrogen) atoms. The number of anilines is 1. The molecule has 5 rings (SSSR count). The molecule has 1 fully saturated rings. The highest BCUT2D eigenvalue weighted by atomic mass is 16.5. The molecule has 0 saturated carbocycles. The standard InChI is InChI=1S/C24H25N5O4/c1-14-5-4-6-17-21(14)23(30)29(24(31)27-17)15-7-9-28(10-8-15)22-16-11-19(32-2)20(33-3)12-18(16)25-13-26-22/h4-6,11-13,15H,7-10H2,1-3H3,(H,27,31). The summed E-state index contributed by atoms with van der Waals surface area (Å²) in [6.45, 7) is 3.20. The molecule has 1 N–H and O–H groups in total. The van der Waals surface area contributed by atoms with Crippen molar-refractivity contribution in [1.82, 2.24) is 19.5 Å². The third-order valence-corrected chi connectivity index (χ3v) is 6.41. The molecule has 0 amide bonds. The van der Waals surface area contributed by atoms with Crippen LogP contribution in [0.5, 0.6) is 11.5 Å². The van der Waals surface area contributed by atoms with Gasteiger partial charge in [0.05, 0.1) is 30.6 Å². The fraction of sp³-hybridized carbons (Fsp3) is 0.333. The Morgan fingerprint density at radius 1 is 1.03 bits per heavy atom. The van der Waals surface area contributed by atoms with E-state index in [4.69, 9.17) is 9.47 Å². The topological polar surface area (TPSA) is 102 Å². The molecule has 2 aromatic heterocycles. The second kappa shape index (κ2) is 8.23. The predicted octanol–water partition coefficient (Wildman–Crippen LogP) is 2.80. The molecular formula is C24H25N5O4. The maximum Gasteiger partial charge on any atom is 0.329 e. The quantitative estimate of drug-likeness (QED) is 0.513. The van der Waals surface area contributed by atoms with Crippen molar-refractivity contribution in [3.8, 4) is 11.5 Å². The Kier molecular flexibility index (Phi) is 5.24. The SMILES string of the molecule is COc1cc2ncnc(N3CCC(n4c(=O)[nH]c5cccc(C)c5c4=O)CC3)c2cc1OC. The molecule has 4 aromatic rings. The molecular weight excluding hydrogens is 422 g/mol. The smallest absolute Gasteiger partial charge is 0.329 e. The van der Waals surface area contributed by atoms with Gasteiger partial charge in [-0.2, -0.15) is 0 Å². The molecule has 0 aliphatic carbocycles. The Morgan fingerprint density at radius 3 is 2.48 bits per heavy atom. The number of nitrogens with one attached hydrogen (secondary N) is 1. The number of rotatable bonds is 4. The molecule has 0 radical (unpaired) electrons. The highest BCUT2D eigenvalue weighted by molar-refractivity contribution is 5.92. The lowest BCUT2D eigenvalue weighted by Gasteiger charge is -2.33. The van der Waals surface area contributed by atoms with Gasteiger partial charge in [-0.25, -0.2) is 14.8 Å². The van der Waals surface area contributed by atoms with Crippen molar-refractivity contribution in [3.05, 3.63) is 63.1 Å². The van der Waals surface area contributed by atoms with Gasteiger partial charge >= 0.3 is 5.69 Å². The maximum absolute atomic E-state index is 13.2. The van der Waals surface area contributed by atoms with Crippen molar-refractivity contribution in [1.29, 1.82) is 0 Å². The summed E-state index contributed by atoms with van der Waals surface area (Å²) in [6.07, 6.45) is 2.84. The number of piperidine rings is 1. The maximum atomic E-state index is 13.2. The first kappa shape index (κ1) is 21.0. The van der Waals surface area contributed by atoms with Gasteiger partial charge in [-0.05, 0) is 37.5 Å². The monoisotopic (exact) mass is 447 g/mol. The van der Waals surface area contributed by atoms with E-state index >= 15 is 0 Å². The highest BCUT2D eigenvalue weighted by Gasteiger charge is 2.26. The van der Waals surface area contributed by atoms with Crippen molar-refractivity contribution in [3.63, 3.8) is 0 Å². The van der Waals surface area contributed by atoms with Crippen molar-refractivity contribution in [2.24, 2.45) is 0 Å². The molecule has 9 nitrogen and oxygen atoms in total. The zero-order chi connectivity index (χ0) is 23.1. The van der Waals surface area contributed by atoms with Crippen LogP contribution in [0.15, 0.2) is 46.2 Å². The van der Waals surface area contributed by atoms with Gasteiger partial charge in [-0.15, -0.1) is 0 Å². The number of methoxy groups -OCH3 is 2. The van der Waals surface area contributed by atoms with Crippen molar-refractivity contribution in [2.75, 3.05) is 32.2 Å². The summed E-state index contributed by atoms with van der Waals surface area (Å²) in [5.74, 6) is 2.02. The average Bonchev–Trinajstić information content (AvgIpc) is 2.83. The van der Waals surface area contributed by atoms with Crippen LogP contribution in [0.2, 0.25) is 0 Å². The second-order valence-corrected chi connectivity index (χ2v) is 8.24. The average molecular weight is 447 g/mol. The summed E-state index contributed by atoms with van der Waals surface area (Å²) in [5, 5.41) is 1.44. The highest BCUT2D eigenvalue weighted by Crippen LogP contribution is 2.36. The van der Waals surface area contributed by atoms with E-state index in [1.54, 1.807) is 20.3 Å². The molecule has 170 valence electrons. The van der Waals surface area contributed by atoms with Crippen LogP contribution in [0.1, 0.15) is 24.4 Å². The van der Waals surface area contributed by atoms with Gasteiger partial charge in [-0.3, -0.25) is 9.36 Å². The van der Waals surface area contributed by atoms with Gasteiger partial charge in [0.25, 0.3) is 5.56 Å². The number of aromatic amines is 1. The lowest BCUT2D eigenvalue weighted by molar-refractivity contribution is 0.355. The number of aromatic nitrogens is 4. The Labute approximate surface area is 189 Å². The number of aryl methyl sites for hydroxylation is 1. The van der Waals surface area contributed by atoms with Gasteiger partial charge in [0.2, 0.25) is 0 Å². The molecule has 0 unspecified atom stereocenters. The Morgan fingerprint density at radius 2 is 1.76 bits per heavy atom. The minimum Gasteiger partial charge on any atom is -0.493 e. The van der Waals surface area contributed by atoms with Gasteiger partial charge in [0.1, 0.15) is 12.1 Å². The minimum atomic E-state index is -0.360. The van der Waals surface area contributed by atoms with E-state index in [1.165, 1.54) is 10.9 Å². The van der Waals surface area contributed by atoms with Crippen LogP contribution in [0, 0.1) is 6.92 Å². The molecule has 0 atom stereocenters. The summed E-state index contributed by atoms with van der Waals surface area (Å²) in [6, 6.07) is 9.04. The van der Waals surface area contributed by atoms with E-state index in [0.29, 0.717) is 48.3 Å². The van der Waals surface area contributed by atoms with Crippen LogP contribution in [0.25, 0.3) is 21.8 Å². The van der Waals surface area contributed by atoms with Gasteiger partial charge < -0.3 is 19.4 Å². The first-order valence-electron chi connectivity index (χ1n) is 10.9. The molecule has 1 aliphatic rings. The third-order valence-electron chi connectivity index (χ3n) is 6.41. The summed E-state index contributed by atoms with van der Waals surface area (Å²) < 4.78 is 12.2. The van der Waals surface area contributed by atoms with Crippen LogP contribution in [-0.4, -0.2) is 46.8 Å². The first-order valence-corrected chi connectivity index (χ1v) is 10.9. The number of H-pyrrole nitrogens is 1. The van der Waals surface area contributed by atoms with Gasteiger partial charge in [0.15, 0.2) is 11.5 Å². The summed E-state index contributed by atoms with van der Waals surface area (Å²) in [5.41, 5.74) is 1.61. The van der Waals surface area contributed by atoms with Crippen molar-refractivity contribution < 1.29 is 9.47 Å². The Balaban J connectivity index is 1.47. The molecule has 2 aromatic carbocycles. The summed E-state index contributed by atoms with van der Waals surface area (Å²) in [4.78, 5) is 39.9. The van der Waals surface area contributed by atoms with Crippen LogP contribution in [-0.2, 0) is 0 Å². The number of hydrogen-bond acceptors (Lipinski definition) is 7. The molecule has 1 saturated heterocycles. The zero-order valence-corrected chi connectivity index (χ0v) is 18.8. The lowest BCUT2D eigenvalue weighted by Crippen LogP contribution is -2.43. The third kappa shape index (κ3) is 3.49. The molecule has 1 aliphatic heterocycles. The molecule has 0 bridgehead atoms. The van der Waals surface area contributed by atoms with E-state index in [1.807, 2.05) is 31.2 Å². The largest absolute Gasteiger partial charge is 0.493 e. The van der Waals surface area contributed by atoms with Crippen LogP contribution >= 0.6 is 0 Å². The molecule has 9 heteroatoms. The molecule has 0 spiro atoms. The van der Waals surface area contributed by atoms with Crippen LogP contribution in [0.3, 0.4) is 0 Å². The lowest BCUT2D eigenvalue weighted by atomic mass is 10.0. The first-order chi connectivity index (χ1) is 16.0. The van der Waals surface area contributed by atoms with E-state index in [9.17, 15) is 9.59 Å². The van der Waals surface area contributed by atoms with E-state index < -0.39 is 0 Å². The van der Waals surface area contributed by atoms with Gasteiger partial charge in [0, 0.05) is 30.6 Å². The number of nitrogens with zero attached hydrogens (tertiary/aromatic N) is 4. The minimum absolute atomic E-state index is 0.177. The number of hydrogen-bond donors (Lipinski definition) is 1. The Hall–Kier alpha value is -3.88. The zero-order valence-electron chi connectivity index (χ0n) is 18.8. The summed E-state index contributed by atoms with van der Waals surface area (Å²) >= 11 is 0. The van der Waals surface area contributed by atoms with E-state index in [2.05, 4.69) is 19.9 Å². The molecule has 3 heterocycles. The fourth-order valence-electron chi connectivity index (χ4n) is 4.73. The Bertz CT molecular complexity index is 1470. The van der Waals surface area contributed by atoms with E-state index in [0.717, 1.165) is 22.3 Å². The van der Waals surface area contributed by atoms with Crippen molar-refractivity contribution >= 4 is 27.6 Å². The van der Waals surface area contributed by atoms with Crippen molar-refractivity contribution in [2.45, 2.75) is 25.8 Å². The summed E-state index contributed by atoms with van der Waals surface area (Å²) in [7, 11) is 3.19.